The van der Waals surface area contributed by atoms with Crippen molar-refractivity contribution in [3.63, 3.8) is 0 Å². The molecule has 0 saturated heterocycles. The summed E-state index contributed by atoms with van der Waals surface area (Å²) in [6.45, 7) is 0. The molecule has 0 aliphatic heterocycles. The standard InChI is InChI=1S/C15H13FO3S/c16-14-6-1-2-7-15(14)19-20(17,18)13-9-8-11-4-3-5-12(11)10-13/h1-2,6-10H,3-5H2. The van der Waals surface area contributed by atoms with Crippen LogP contribution in [0.4, 0.5) is 4.39 Å². The number of hydrogen-bond donors (Lipinski definition) is 0. The van der Waals surface area contributed by atoms with E-state index in [-0.39, 0.29) is 10.6 Å². The molecular weight excluding hydrogens is 279 g/mol. The van der Waals surface area contributed by atoms with Crippen LogP contribution in [-0.4, -0.2) is 8.42 Å². The summed E-state index contributed by atoms with van der Waals surface area (Å²) >= 11 is 0. The summed E-state index contributed by atoms with van der Waals surface area (Å²) in [5.41, 5.74) is 2.21. The molecule has 0 radical (unpaired) electrons. The highest BCUT2D eigenvalue weighted by Crippen LogP contribution is 2.27. The van der Waals surface area contributed by atoms with Crippen molar-refractivity contribution < 1.29 is 17.0 Å². The fourth-order valence-corrected chi connectivity index (χ4v) is 3.37. The van der Waals surface area contributed by atoms with Crippen LogP contribution in [0.2, 0.25) is 0 Å². The molecule has 1 aliphatic carbocycles. The predicted molar refractivity (Wildman–Crippen MR) is 72.7 cm³/mol. The van der Waals surface area contributed by atoms with E-state index in [1.54, 1.807) is 12.1 Å². The molecule has 0 N–H and O–H groups in total. The van der Waals surface area contributed by atoms with Crippen LogP contribution in [0.3, 0.4) is 0 Å². The predicted octanol–water partition coefficient (Wildman–Crippen LogP) is 3.08. The van der Waals surface area contributed by atoms with Crippen molar-refractivity contribution in [1.29, 1.82) is 0 Å². The molecule has 0 bridgehead atoms. The Balaban J connectivity index is 1.94. The number of fused-ring (bicyclic) bond motifs is 1. The van der Waals surface area contributed by atoms with Crippen molar-refractivity contribution in [2.45, 2.75) is 24.2 Å². The first-order valence-corrected chi connectivity index (χ1v) is 7.78. The van der Waals surface area contributed by atoms with Crippen molar-refractivity contribution in [2.24, 2.45) is 0 Å². The van der Waals surface area contributed by atoms with E-state index in [4.69, 9.17) is 4.18 Å². The lowest BCUT2D eigenvalue weighted by molar-refractivity contribution is 0.461. The summed E-state index contributed by atoms with van der Waals surface area (Å²) in [5.74, 6) is -0.981. The highest BCUT2D eigenvalue weighted by atomic mass is 32.2. The minimum absolute atomic E-state index is 0.0707. The average Bonchev–Trinajstić information content (AvgIpc) is 2.88. The van der Waals surface area contributed by atoms with Crippen molar-refractivity contribution in [1.82, 2.24) is 0 Å². The van der Waals surface area contributed by atoms with E-state index in [9.17, 15) is 12.8 Å². The van der Waals surface area contributed by atoms with Crippen LogP contribution < -0.4 is 4.18 Å². The number of benzene rings is 2. The van der Waals surface area contributed by atoms with Gasteiger partial charge in [0.15, 0.2) is 11.6 Å². The Hall–Kier alpha value is -1.88. The Kier molecular flexibility index (Phi) is 3.22. The van der Waals surface area contributed by atoms with Gasteiger partial charge in [-0.15, -0.1) is 0 Å². The molecule has 104 valence electrons. The highest BCUT2D eigenvalue weighted by molar-refractivity contribution is 7.87. The molecule has 0 spiro atoms. The normalized spacial score (nSPS) is 14.1. The number of hydrogen-bond acceptors (Lipinski definition) is 3. The molecule has 0 amide bonds. The fraction of sp³-hybridized carbons (Fsp3) is 0.200. The number of rotatable bonds is 3. The van der Waals surface area contributed by atoms with Gasteiger partial charge in [-0.3, -0.25) is 0 Å². The lowest BCUT2D eigenvalue weighted by atomic mass is 10.1. The molecule has 5 heteroatoms. The summed E-state index contributed by atoms with van der Waals surface area (Å²) in [7, 11) is -4.00. The zero-order chi connectivity index (χ0) is 14.2. The Labute approximate surface area is 117 Å². The number of halogens is 1. The quantitative estimate of drug-likeness (QED) is 0.817. The van der Waals surface area contributed by atoms with Gasteiger partial charge in [0.05, 0.1) is 0 Å². The molecule has 0 fully saturated rings. The fourth-order valence-electron chi connectivity index (χ4n) is 2.38. The molecule has 0 saturated carbocycles. The molecule has 1 aliphatic rings. The van der Waals surface area contributed by atoms with Gasteiger partial charge in [0.2, 0.25) is 0 Å². The summed E-state index contributed by atoms with van der Waals surface area (Å²) in [4.78, 5) is 0.0707. The maximum absolute atomic E-state index is 13.5. The van der Waals surface area contributed by atoms with E-state index in [2.05, 4.69) is 0 Å². The third-order valence-corrected chi connectivity index (χ3v) is 4.63. The van der Waals surface area contributed by atoms with E-state index in [0.29, 0.717) is 0 Å². The van der Waals surface area contributed by atoms with Gasteiger partial charge >= 0.3 is 10.1 Å². The number of aryl methyl sites for hydroxylation is 2. The maximum Gasteiger partial charge on any atom is 0.339 e. The lowest BCUT2D eigenvalue weighted by Crippen LogP contribution is -2.11. The Morgan fingerprint density at radius 2 is 1.75 bits per heavy atom. The topological polar surface area (TPSA) is 43.4 Å². The summed E-state index contributed by atoms with van der Waals surface area (Å²) in [5, 5.41) is 0. The van der Waals surface area contributed by atoms with Gasteiger partial charge in [-0.25, -0.2) is 4.39 Å². The first-order chi connectivity index (χ1) is 9.56. The highest BCUT2D eigenvalue weighted by Gasteiger charge is 2.21. The SMILES string of the molecule is O=S(=O)(Oc1ccccc1F)c1ccc2c(c1)CCC2. The zero-order valence-corrected chi connectivity index (χ0v) is 11.5. The first kappa shape index (κ1) is 13.1. The Morgan fingerprint density at radius 3 is 2.55 bits per heavy atom. The van der Waals surface area contributed by atoms with E-state index < -0.39 is 15.9 Å². The molecule has 2 aromatic carbocycles. The zero-order valence-electron chi connectivity index (χ0n) is 10.7. The molecule has 0 aromatic heterocycles. The molecular formula is C15H13FO3S. The van der Waals surface area contributed by atoms with E-state index in [1.165, 1.54) is 29.8 Å². The molecule has 0 unspecified atom stereocenters. The van der Waals surface area contributed by atoms with Gasteiger partial charge in [-0.2, -0.15) is 8.42 Å². The molecule has 3 nitrogen and oxygen atoms in total. The Bertz CT molecular complexity index is 753. The summed E-state index contributed by atoms with van der Waals surface area (Å²) in [6, 6.07) is 10.4. The van der Waals surface area contributed by atoms with Gasteiger partial charge in [0.25, 0.3) is 0 Å². The Morgan fingerprint density at radius 1 is 1.00 bits per heavy atom. The summed E-state index contributed by atoms with van der Waals surface area (Å²) < 4.78 is 42.7. The molecule has 20 heavy (non-hydrogen) atoms. The van der Waals surface area contributed by atoms with Crippen LogP contribution in [-0.2, 0) is 23.0 Å². The summed E-state index contributed by atoms with van der Waals surface area (Å²) in [6.07, 6.45) is 2.88. The van der Waals surface area contributed by atoms with Gasteiger partial charge in [-0.05, 0) is 54.7 Å². The van der Waals surface area contributed by atoms with Gasteiger partial charge in [0, 0.05) is 0 Å². The van der Waals surface area contributed by atoms with Crippen LogP contribution in [0, 0.1) is 5.82 Å². The third-order valence-electron chi connectivity index (χ3n) is 3.39. The second-order valence-electron chi connectivity index (χ2n) is 4.75. The molecule has 3 rings (SSSR count). The smallest absolute Gasteiger partial charge is 0.339 e. The van der Waals surface area contributed by atoms with E-state index in [0.717, 1.165) is 30.9 Å². The van der Waals surface area contributed by atoms with Crippen molar-refractivity contribution in [3.05, 3.63) is 59.4 Å². The van der Waals surface area contributed by atoms with E-state index in [1.807, 2.05) is 0 Å². The van der Waals surface area contributed by atoms with Crippen LogP contribution in [0.25, 0.3) is 0 Å². The van der Waals surface area contributed by atoms with Crippen LogP contribution >= 0.6 is 0 Å². The van der Waals surface area contributed by atoms with Crippen molar-refractivity contribution >= 4 is 10.1 Å². The van der Waals surface area contributed by atoms with E-state index >= 15 is 0 Å². The lowest BCUT2D eigenvalue weighted by Gasteiger charge is -2.09. The monoisotopic (exact) mass is 292 g/mol. The van der Waals surface area contributed by atoms with Crippen molar-refractivity contribution in [3.8, 4) is 5.75 Å². The minimum Gasteiger partial charge on any atom is -0.376 e. The largest absolute Gasteiger partial charge is 0.376 e. The van der Waals surface area contributed by atoms with Gasteiger partial charge in [0.1, 0.15) is 4.90 Å². The second-order valence-corrected chi connectivity index (χ2v) is 6.30. The molecule has 0 heterocycles. The molecule has 2 aromatic rings. The first-order valence-electron chi connectivity index (χ1n) is 6.37. The van der Waals surface area contributed by atoms with Crippen LogP contribution in [0.1, 0.15) is 17.5 Å². The van der Waals surface area contributed by atoms with Crippen LogP contribution in [0.5, 0.6) is 5.75 Å². The number of para-hydroxylation sites is 1. The van der Waals surface area contributed by atoms with Crippen molar-refractivity contribution in [2.75, 3.05) is 0 Å². The van der Waals surface area contributed by atoms with Crippen LogP contribution in [0.15, 0.2) is 47.4 Å². The minimum atomic E-state index is -4.00. The third kappa shape index (κ3) is 2.41. The van der Waals surface area contributed by atoms with Gasteiger partial charge in [-0.1, -0.05) is 18.2 Å². The second kappa shape index (κ2) is 4.90. The average molecular weight is 292 g/mol. The molecule has 0 atom stereocenters. The van der Waals surface area contributed by atoms with Gasteiger partial charge < -0.3 is 4.18 Å². The maximum atomic E-state index is 13.5.